The second-order valence-corrected chi connectivity index (χ2v) is 7.34. The maximum Gasteiger partial charge on any atom is 0.387 e. The first-order valence-electron chi connectivity index (χ1n) is 8.41. The van der Waals surface area contributed by atoms with Crippen LogP contribution in [-0.2, 0) is 11.3 Å². The van der Waals surface area contributed by atoms with Crippen molar-refractivity contribution in [2.24, 2.45) is 5.92 Å². The zero-order valence-electron chi connectivity index (χ0n) is 15.3. The van der Waals surface area contributed by atoms with Crippen molar-refractivity contribution < 1.29 is 23.1 Å². The Hall–Kier alpha value is -2.48. The van der Waals surface area contributed by atoms with Crippen molar-refractivity contribution in [3.8, 4) is 5.75 Å². The van der Waals surface area contributed by atoms with Crippen LogP contribution in [0.25, 0.3) is 0 Å². The van der Waals surface area contributed by atoms with Crippen molar-refractivity contribution in [2.75, 3.05) is 7.05 Å². The quantitative estimate of drug-likeness (QED) is 0.739. The van der Waals surface area contributed by atoms with Gasteiger partial charge in [0.2, 0.25) is 5.91 Å². The highest BCUT2D eigenvalue weighted by Gasteiger charge is 2.27. The van der Waals surface area contributed by atoms with Gasteiger partial charge >= 0.3 is 6.61 Å². The van der Waals surface area contributed by atoms with Gasteiger partial charge in [-0.2, -0.15) is 8.78 Å². The molecule has 8 heteroatoms. The molecule has 1 aromatic heterocycles. The molecule has 0 aliphatic rings. The molecule has 146 valence electrons. The standard InChI is InChI=1S/C19H22F2N2O3S/c1-12(2)16(22-17(24)15-5-4-10-27-15)18(25)23(3)11-13-6-8-14(9-7-13)26-19(20)21/h4-10,12,16,19H,11H2,1-3H3,(H,22,24)/t16-/m0/s1. The molecule has 1 atom stereocenters. The minimum atomic E-state index is -2.88. The van der Waals surface area contributed by atoms with Gasteiger partial charge in [0.05, 0.1) is 4.88 Å². The summed E-state index contributed by atoms with van der Waals surface area (Å²) >= 11 is 1.31. The average Bonchev–Trinajstić information content (AvgIpc) is 3.14. The summed E-state index contributed by atoms with van der Waals surface area (Å²) in [5, 5.41) is 4.59. The number of carbonyl (C=O) groups excluding carboxylic acids is 2. The predicted octanol–water partition coefficient (Wildman–Crippen LogP) is 3.76. The molecule has 2 rings (SSSR count). The van der Waals surface area contributed by atoms with Crippen molar-refractivity contribution in [3.63, 3.8) is 0 Å². The smallest absolute Gasteiger partial charge is 0.387 e. The fourth-order valence-corrected chi connectivity index (χ4v) is 3.13. The van der Waals surface area contributed by atoms with E-state index in [4.69, 9.17) is 0 Å². The zero-order valence-corrected chi connectivity index (χ0v) is 16.1. The first kappa shape index (κ1) is 20.8. The molecule has 1 heterocycles. The van der Waals surface area contributed by atoms with Crippen molar-refractivity contribution in [1.29, 1.82) is 0 Å². The maximum atomic E-state index is 12.8. The molecular weight excluding hydrogens is 374 g/mol. The Labute approximate surface area is 160 Å². The summed E-state index contributed by atoms with van der Waals surface area (Å²) in [4.78, 5) is 27.1. The second-order valence-electron chi connectivity index (χ2n) is 6.39. The minimum Gasteiger partial charge on any atom is -0.435 e. The van der Waals surface area contributed by atoms with Crippen LogP contribution in [0.1, 0.15) is 29.1 Å². The molecule has 0 fully saturated rings. The van der Waals surface area contributed by atoms with Gasteiger partial charge in [-0.05, 0) is 35.1 Å². The van der Waals surface area contributed by atoms with Crippen LogP contribution in [0, 0.1) is 5.92 Å². The number of alkyl halides is 2. The number of hydrogen-bond acceptors (Lipinski definition) is 4. The van der Waals surface area contributed by atoms with Crippen LogP contribution in [0.4, 0.5) is 8.78 Å². The molecule has 1 N–H and O–H groups in total. The van der Waals surface area contributed by atoms with Crippen LogP contribution in [0.3, 0.4) is 0 Å². The Balaban J connectivity index is 2.01. The lowest BCUT2D eigenvalue weighted by molar-refractivity contribution is -0.133. The van der Waals surface area contributed by atoms with E-state index in [-0.39, 0.29) is 30.0 Å². The molecule has 0 aliphatic heterocycles. The lowest BCUT2D eigenvalue weighted by atomic mass is 10.0. The molecule has 2 aromatic rings. The van der Waals surface area contributed by atoms with Gasteiger partial charge in [0.15, 0.2) is 0 Å². The molecular formula is C19H22F2N2O3S. The molecule has 0 unspecified atom stereocenters. The van der Waals surface area contributed by atoms with E-state index in [0.717, 1.165) is 5.56 Å². The third-order valence-corrected chi connectivity index (χ3v) is 4.78. The van der Waals surface area contributed by atoms with Crippen LogP contribution in [0.2, 0.25) is 0 Å². The lowest BCUT2D eigenvalue weighted by Crippen LogP contribution is -2.49. The van der Waals surface area contributed by atoms with Crippen molar-refractivity contribution >= 4 is 23.2 Å². The monoisotopic (exact) mass is 396 g/mol. The Morgan fingerprint density at radius 3 is 2.37 bits per heavy atom. The minimum absolute atomic E-state index is 0.0611. The molecule has 5 nitrogen and oxygen atoms in total. The Bertz CT molecular complexity index is 749. The number of thiophene rings is 1. The normalized spacial score (nSPS) is 12.1. The molecule has 0 saturated carbocycles. The number of likely N-dealkylation sites (N-methyl/N-ethyl adjacent to an activating group) is 1. The Kier molecular flexibility index (Phi) is 7.29. The second kappa shape index (κ2) is 9.45. The van der Waals surface area contributed by atoms with E-state index in [2.05, 4.69) is 10.1 Å². The zero-order chi connectivity index (χ0) is 20.0. The molecule has 0 saturated heterocycles. The summed E-state index contributed by atoms with van der Waals surface area (Å²) in [5.74, 6) is -0.529. The van der Waals surface area contributed by atoms with E-state index in [1.54, 1.807) is 36.7 Å². The molecule has 0 spiro atoms. The number of ether oxygens (including phenoxy) is 1. The number of carbonyl (C=O) groups is 2. The van der Waals surface area contributed by atoms with Crippen LogP contribution in [0.15, 0.2) is 41.8 Å². The number of amides is 2. The molecule has 2 amide bonds. The maximum absolute atomic E-state index is 12.8. The number of halogens is 2. The van der Waals surface area contributed by atoms with E-state index in [1.165, 1.54) is 28.4 Å². The van der Waals surface area contributed by atoms with Crippen LogP contribution in [-0.4, -0.2) is 36.4 Å². The largest absolute Gasteiger partial charge is 0.435 e. The summed E-state index contributed by atoms with van der Waals surface area (Å²) < 4.78 is 28.7. The van der Waals surface area contributed by atoms with Crippen molar-refractivity contribution in [2.45, 2.75) is 33.0 Å². The highest BCUT2D eigenvalue weighted by atomic mass is 32.1. The number of hydrogen-bond donors (Lipinski definition) is 1. The number of nitrogens with zero attached hydrogens (tertiary/aromatic N) is 1. The Morgan fingerprint density at radius 1 is 1.19 bits per heavy atom. The van der Waals surface area contributed by atoms with Gasteiger partial charge in [-0.1, -0.05) is 32.0 Å². The fraction of sp³-hybridized carbons (Fsp3) is 0.368. The van der Waals surface area contributed by atoms with E-state index in [1.807, 2.05) is 13.8 Å². The third-order valence-electron chi connectivity index (χ3n) is 3.91. The number of rotatable bonds is 8. The summed E-state index contributed by atoms with van der Waals surface area (Å²) in [6.45, 7) is 1.13. The van der Waals surface area contributed by atoms with Gasteiger partial charge in [0.25, 0.3) is 5.91 Å². The summed E-state index contributed by atoms with van der Waals surface area (Å²) in [6, 6.07) is 8.92. The predicted molar refractivity (Wildman–Crippen MR) is 100.0 cm³/mol. The van der Waals surface area contributed by atoms with E-state index >= 15 is 0 Å². The summed E-state index contributed by atoms with van der Waals surface area (Å²) in [5.41, 5.74) is 0.763. The summed E-state index contributed by atoms with van der Waals surface area (Å²) in [6.07, 6.45) is 0. The molecule has 0 radical (unpaired) electrons. The van der Waals surface area contributed by atoms with Gasteiger partial charge in [0, 0.05) is 13.6 Å². The van der Waals surface area contributed by atoms with Gasteiger partial charge in [-0.3, -0.25) is 9.59 Å². The fourth-order valence-electron chi connectivity index (χ4n) is 2.50. The van der Waals surface area contributed by atoms with Crippen molar-refractivity contribution in [1.82, 2.24) is 10.2 Å². The molecule has 1 aromatic carbocycles. The Morgan fingerprint density at radius 2 is 1.85 bits per heavy atom. The van der Waals surface area contributed by atoms with Crippen LogP contribution >= 0.6 is 11.3 Å². The van der Waals surface area contributed by atoms with Gasteiger partial charge in [-0.15, -0.1) is 11.3 Å². The van der Waals surface area contributed by atoms with Crippen LogP contribution in [0.5, 0.6) is 5.75 Å². The number of nitrogens with one attached hydrogen (secondary N) is 1. The SMILES string of the molecule is CC(C)[C@H](NC(=O)c1cccs1)C(=O)N(C)Cc1ccc(OC(F)F)cc1. The first-order valence-corrected chi connectivity index (χ1v) is 9.29. The first-order chi connectivity index (χ1) is 12.8. The van der Waals surface area contributed by atoms with Gasteiger partial charge in [0.1, 0.15) is 11.8 Å². The highest BCUT2D eigenvalue weighted by molar-refractivity contribution is 7.12. The molecule has 27 heavy (non-hydrogen) atoms. The van der Waals surface area contributed by atoms with Crippen LogP contribution < -0.4 is 10.1 Å². The highest BCUT2D eigenvalue weighted by Crippen LogP contribution is 2.17. The molecule has 0 aliphatic carbocycles. The van der Waals surface area contributed by atoms with E-state index in [0.29, 0.717) is 4.88 Å². The average molecular weight is 396 g/mol. The third kappa shape index (κ3) is 6.02. The summed E-state index contributed by atoms with van der Waals surface area (Å²) in [7, 11) is 1.64. The molecule has 0 bridgehead atoms. The van der Waals surface area contributed by atoms with Crippen molar-refractivity contribution in [3.05, 3.63) is 52.2 Å². The number of benzene rings is 1. The topological polar surface area (TPSA) is 58.6 Å². The van der Waals surface area contributed by atoms with E-state index < -0.39 is 12.7 Å². The van der Waals surface area contributed by atoms with Gasteiger partial charge < -0.3 is 15.0 Å². The van der Waals surface area contributed by atoms with Gasteiger partial charge in [-0.25, -0.2) is 0 Å². The van der Waals surface area contributed by atoms with E-state index in [9.17, 15) is 18.4 Å². The lowest BCUT2D eigenvalue weighted by Gasteiger charge is -2.27.